The first kappa shape index (κ1) is 26.4. The summed E-state index contributed by atoms with van der Waals surface area (Å²) in [6.07, 6.45) is -4.94. The van der Waals surface area contributed by atoms with E-state index in [-0.39, 0.29) is 19.5 Å². The second kappa shape index (κ2) is 9.42. The first-order chi connectivity index (χ1) is 15.7. The van der Waals surface area contributed by atoms with E-state index in [1.165, 1.54) is 11.9 Å². The number of pyridine rings is 1. The Hall–Kier alpha value is -2.25. The van der Waals surface area contributed by atoms with E-state index in [0.29, 0.717) is 12.6 Å². The summed E-state index contributed by atoms with van der Waals surface area (Å²) in [5.41, 5.74) is -2.56. The standard InChI is InChI=1S/C20H21ClF6N4O2S/c1-3-30(2)10-19(20(25,26)27)7-8-31(11-19)13-9-12(22)18(17(24)16(13)21)34(32,33)29-15-6-4-5-14(23)28-15/h4-6,9H,3,7-8,10-11H2,1-2H3,(H,28,29). The summed E-state index contributed by atoms with van der Waals surface area (Å²) < 4.78 is 112. The summed E-state index contributed by atoms with van der Waals surface area (Å²) >= 11 is 5.98. The quantitative estimate of drug-likeness (QED) is 0.320. The van der Waals surface area contributed by atoms with Crippen LogP contribution in [0.4, 0.5) is 37.8 Å². The summed E-state index contributed by atoms with van der Waals surface area (Å²) in [6, 6.07) is 3.69. The highest BCUT2D eigenvalue weighted by molar-refractivity contribution is 7.92. The van der Waals surface area contributed by atoms with E-state index < -0.39 is 67.2 Å². The third kappa shape index (κ3) is 5.05. The molecule has 1 saturated heterocycles. The number of hydrogen-bond donors (Lipinski definition) is 1. The van der Waals surface area contributed by atoms with E-state index in [2.05, 4.69) is 4.98 Å². The summed E-state index contributed by atoms with van der Waals surface area (Å²) in [5.74, 6) is -4.83. The van der Waals surface area contributed by atoms with Crippen molar-refractivity contribution in [3.8, 4) is 0 Å². The molecule has 0 aliphatic carbocycles. The molecule has 14 heteroatoms. The zero-order valence-electron chi connectivity index (χ0n) is 18.1. The molecule has 6 nitrogen and oxygen atoms in total. The molecule has 0 radical (unpaired) electrons. The van der Waals surface area contributed by atoms with E-state index in [4.69, 9.17) is 11.6 Å². The molecule has 1 aliphatic heterocycles. The number of nitrogens with zero attached hydrogens (tertiary/aromatic N) is 3. The lowest BCUT2D eigenvalue weighted by Gasteiger charge is -2.35. The lowest BCUT2D eigenvalue weighted by atomic mass is 9.85. The van der Waals surface area contributed by atoms with Crippen molar-refractivity contribution < 1.29 is 34.8 Å². The van der Waals surface area contributed by atoms with Gasteiger partial charge in [-0.25, -0.2) is 22.2 Å². The molecule has 2 heterocycles. The minimum atomic E-state index is -4.94. The van der Waals surface area contributed by atoms with Gasteiger partial charge in [-0.15, -0.1) is 0 Å². The first-order valence-corrected chi connectivity index (χ1v) is 11.9. The van der Waals surface area contributed by atoms with Gasteiger partial charge in [0.2, 0.25) is 5.95 Å². The number of rotatable bonds is 7. The molecular formula is C20H21ClF6N4O2S. The van der Waals surface area contributed by atoms with Gasteiger partial charge in [0, 0.05) is 25.7 Å². The second-order valence-corrected chi connectivity index (χ2v) is 10.1. The van der Waals surface area contributed by atoms with Gasteiger partial charge in [0.1, 0.15) is 16.7 Å². The molecule has 1 atom stereocenters. The zero-order valence-corrected chi connectivity index (χ0v) is 19.6. The summed E-state index contributed by atoms with van der Waals surface area (Å²) in [4.78, 5) is 4.38. The summed E-state index contributed by atoms with van der Waals surface area (Å²) in [6.45, 7) is 0.917. The van der Waals surface area contributed by atoms with Crippen LogP contribution in [0.5, 0.6) is 0 Å². The van der Waals surface area contributed by atoms with Gasteiger partial charge >= 0.3 is 6.18 Å². The van der Waals surface area contributed by atoms with E-state index in [1.54, 1.807) is 11.6 Å². The van der Waals surface area contributed by atoms with Gasteiger partial charge in [-0.2, -0.15) is 17.6 Å². The Kier molecular flexibility index (Phi) is 7.30. The number of benzene rings is 1. The van der Waals surface area contributed by atoms with E-state index in [0.717, 1.165) is 23.1 Å². The lowest BCUT2D eigenvalue weighted by Crippen LogP contribution is -2.48. The maximum atomic E-state index is 15.0. The predicted octanol–water partition coefficient (Wildman–Crippen LogP) is 4.66. The molecule has 1 aliphatic rings. The van der Waals surface area contributed by atoms with Crippen LogP contribution in [0.15, 0.2) is 29.2 Å². The van der Waals surface area contributed by atoms with Crippen LogP contribution < -0.4 is 9.62 Å². The van der Waals surface area contributed by atoms with Crippen LogP contribution >= 0.6 is 11.6 Å². The van der Waals surface area contributed by atoms with Crippen LogP contribution in [0, 0.1) is 23.0 Å². The molecule has 3 rings (SSSR count). The van der Waals surface area contributed by atoms with Crippen LogP contribution in [0.25, 0.3) is 0 Å². The number of sulfonamides is 1. The number of anilines is 2. The molecule has 0 amide bonds. The Morgan fingerprint density at radius 3 is 2.53 bits per heavy atom. The lowest BCUT2D eigenvalue weighted by molar-refractivity contribution is -0.220. The SMILES string of the molecule is CCN(C)CC1(C(F)(F)F)CCN(c2cc(F)c(S(=O)(=O)Nc3cccc(F)n3)c(F)c2Cl)C1. The van der Waals surface area contributed by atoms with Crippen molar-refractivity contribution in [3.05, 3.63) is 46.9 Å². The van der Waals surface area contributed by atoms with Crippen molar-refractivity contribution in [2.24, 2.45) is 5.41 Å². The van der Waals surface area contributed by atoms with Crippen molar-refractivity contribution in [3.63, 3.8) is 0 Å². The number of halogens is 7. The third-order valence-corrected chi connectivity index (χ3v) is 7.48. The van der Waals surface area contributed by atoms with Crippen LogP contribution in [-0.2, 0) is 10.0 Å². The predicted molar refractivity (Wildman–Crippen MR) is 115 cm³/mol. The van der Waals surface area contributed by atoms with Crippen molar-refractivity contribution in [2.45, 2.75) is 24.4 Å². The van der Waals surface area contributed by atoms with Gasteiger partial charge in [0.05, 0.1) is 11.1 Å². The highest BCUT2D eigenvalue weighted by atomic mass is 35.5. The number of nitrogens with one attached hydrogen (secondary N) is 1. The normalized spacial score (nSPS) is 19.2. The highest BCUT2D eigenvalue weighted by Gasteiger charge is 2.58. The average Bonchev–Trinajstić information content (AvgIpc) is 3.15. The van der Waals surface area contributed by atoms with Crippen molar-refractivity contribution >= 4 is 33.1 Å². The van der Waals surface area contributed by atoms with E-state index in [9.17, 15) is 30.4 Å². The molecule has 1 N–H and O–H groups in total. The van der Waals surface area contributed by atoms with Gasteiger partial charge in [-0.3, -0.25) is 4.72 Å². The van der Waals surface area contributed by atoms with Gasteiger partial charge in [-0.05, 0) is 32.1 Å². The first-order valence-electron chi connectivity index (χ1n) is 10.0. The fourth-order valence-electron chi connectivity index (χ4n) is 3.85. The Morgan fingerprint density at radius 2 is 1.94 bits per heavy atom. The van der Waals surface area contributed by atoms with Crippen LogP contribution in [0.3, 0.4) is 0 Å². The number of aromatic nitrogens is 1. The van der Waals surface area contributed by atoms with Crippen LogP contribution in [0.2, 0.25) is 5.02 Å². The minimum absolute atomic E-state index is 0.201. The Labute approximate surface area is 197 Å². The fourth-order valence-corrected chi connectivity index (χ4v) is 5.32. The minimum Gasteiger partial charge on any atom is -0.369 e. The number of alkyl halides is 3. The van der Waals surface area contributed by atoms with Gasteiger partial charge in [-0.1, -0.05) is 24.6 Å². The van der Waals surface area contributed by atoms with Gasteiger partial charge in [0.15, 0.2) is 10.7 Å². The zero-order chi connectivity index (χ0) is 25.5. The molecule has 1 aromatic heterocycles. The number of hydrogen-bond acceptors (Lipinski definition) is 5. The Bertz CT molecular complexity index is 1180. The summed E-state index contributed by atoms with van der Waals surface area (Å²) in [5, 5.41) is -0.851. The maximum Gasteiger partial charge on any atom is 0.397 e. The molecule has 2 aromatic rings. The van der Waals surface area contributed by atoms with Crippen molar-refractivity contribution in [1.82, 2.24) is 9.88 Å². The third-order valence-electron chi connectivity index (χ3n) is 5.73. The molecule has 0 bridgehead atoms. The van der Waals surface area contributed by atoms with Crippen LogP contribution in [0.1, 0.15) is 13.3 Å². The van der Waals surface area contributed by atoms with Crippen molar-refractivity contribution in [1.29, 1.82) is 0 Å². The fraction of sp³-hybridized carbons (Fsp3) is 0.450. The average molecular weight is 531 g/mol. The topological polar surface area (TPSA) is 65.5 Å². The second-order valence-electron chi connectivity index (χ2n) is 8.07. The Balaban J connectivity index is 1.97. The molecule has 1 fully saturated rings. The maximum absolute atomic E-state index is 15.0. The molecule has 0 saturated carbocycles. The van der Waals surface area contributed by atoms with E-state index in [1.807, 2.05) is 0 Å². The van der Waals surface area contributed by atoms with Crippen molar-refractivity contribution in [2.75, 3.05) is 42.8 Å². The highest BCUT2D eigenvalue weighted by Crippen LogP contribution is 2.48. The van der Waals surface area contributed by atoms with Gasteiger partial charge < -0.3 is 9.80 Å². The Morgan fingerprint density at radius 1 is 1.26 bits per heavy atom. The van der Waals surface area contributed by atoms with Gasteiger partial charge in [0.25, 0.3) is 10.0 Å². The summed E-state index contributed by atoms with van der Waals surface area (Å²) in [7, 11) is -3.41. The van der Waals surface area contributed by atoms with E-state index >= 15 is 4.39 Å². The molecular weight excluding hydrogens is 510 g/mol. The van der Waals surface area contributed by atoms with Crippen LogP contribution in [-0.4, -0.2) is 57.7 Å². The molecule has 34 heavy (non-hydrogen) atoms. The smallest absolute Gasteiger partial charge is 0.369 e. The molecule has 1 unspecified atom stereocenters. The molecule has 0 spiro atoms. The molecule has 1 aromatic carbocycles. The monoisotopic (exact) mass is 530 g/mol. The largest absolute Gasteiger partial charge is 0.397 e. The molecule has 188 valence electrons.